The molecule has 94 valence electrons. The molecule has 2 rings (SSSR count). The molecular weight excluding hydrogens is 220 g/mol. The molecule has 2 nitrogen and oxygen atoms in total. The number of hydrogen-bond acceptors (Lipinski definition) is 2. The molecular formula is C16H20N2. The van der Waals surface area contributed by atoms with Gasteiger partial charge in [-0.1, -0.05) is 42.5 Å². The molecule has 0 amide bonds. The van der Waals surface area contributed by atoms with Gasteiger partial charge in [-0.25, -0.2) is 0 Å². The van der Waals surface area contributed by atoms with Crippen molar-refractivity contribution in [3.63, 3.8) is 0 Å². The lowest BCUT2D eigenvalue weighted by Gasteiger charge is -2.20. The molecule has 3 N–H and O–H groups in total. The molecule has 2 heteroatoms. The zero-order valence-electron chi connectivity index (χ0n) is 11.0. The summed E-state index contributed by atoms with van der Waals surface area (Å²) in [5, 5.41) is 3.53. The first-order valence-corrected chi connectivity index (χ1v) is 6.30. The van der Waals surface area contributed by atoms with Crippen LogP contribution in [0.25, 0.3) is 0 Å². The van der Waals surface area contributed by atoms with Crippen LogP contribution in [0.4, 0.5) is 5.69 Å². The Morgan fingerprint density at radius 2 is 1.72 bits per heavy atom. The highest BCUT2D eigenvalue weighted by molar-refractivity contribution is 5.55. The SMILES string of the molecule is Cc1cccc(NC(CN)c2ccccc2)c1C. The summed E-state index contributed by atoms with van der Waals surface area (Å²) in [6.07, 6.45) is 0. The van der Waals surface area contributed by atoms with E-state index in [2.05, 4.69) is 49.5 Å². The quantitative estimate of drug-likeness (QED) is 0.859. The molecule has 2 aromatic rings. The van der Waals surface area contributed by atoms with E-state index >= 15 is 0 Å². The molecule has 0 spiro atoms. The first kappa shape index (κ1) is 12.7. The largest absolute Gasteiger partial charge is 0.377 e. The maximum absolute atomic E-state index is 5.88. The fraction of sp³-hybridized carbons (Fsp3) is 0.250. The molecule has 18 heavy (non-hydrogen) atoms. The van der Waals surface area contributed by atoms with Crippen LogP contribution in [0.1, 0.15) is 22.7 Å². The van der Waals surface area contributed by atoms with E-state index in [-0.39, 0.29) is 6.04 Å². The summed E-state index contributed by atoms with van der Waals surface area (Å²) in [5.41, 5.74) is 10.8. The minimum Gasteiger partial charge on any atom is -0.377 e. The van der Waals surface area contributed by atoms with Crippen molar-refractivity contribution in [2.45, 2.75) is 19.9 Å². The standard InChI is InChI=1S/C16H20N2/c1-12-7-6-10-15(13(12)2)18-16(11-17)14-8-4-3-5-9-14/h3-10,16,18H,11,17H2,1-2H3. The highest BCUT2D eigenvalue weighted by Crippen LogP contribution is 2.23. The van der Waals surface area contributed by atoms with Crippen LogP contribution in [0.2, 0.25) is 0 Å². The highest BCUT2D eigenvalue weighted by atomic mass is 14.9. The second kappa shape index (κ2) is 5.69. The number of anilines is 1. The Kier molecular flexibility index (Phi) is 4.00. The Morgan fingerprint density at radius 3 is 2.39 bits per heavy atom. The van der Waals surface area contributed by atoms with Gasteiger partial charge in [0.05, 0.1) is 6.04 Å². The summed E-state index contributed by atoms with van der Waals surface area (Å²) in [7, 11) is 0. The monoisotopic (exact) mass is 240 g/mol. The number of rotatable bonds is 4. The normalized spacial score (nSPS) is 12.2. The van der Waals surface area contributed by atoms with Crippen LogP contribution in [-0.2, 0) is 0 Å². The Labute approximate surface area is 109 Å². The molecule has 2 aromatic carbocycles. The highest BCUT2D eigenvalue weighted by Gasteiger charge is 2.10. The van der Waals surface area contributed by atoms with E-state index in [1.807, 2.05) is 18.2 Å². The van der Waals surface area contributed by atoms with Crippen molar-refractivity contribution in [1.29, 1.82) is 0 Å². The van der Waals surface area contributed by atoms with Crippen LogP contribution >= 0.6 is 0 Å². The van der Waals surface area contributed by atoms with Gasteiger partial charge in [-0.2, -0.15) is 0 Å². The molecule has 0 bridgehead atoms. The van der Waals surface area contributed by atoms with Gasteiger partial charge in [-0.15, -0.1) is 0 Å². The number of benzene rings is 2. The van der Waals surface area contributed by atoms with E-state index in [1.54, 1.807) is 0 Å². The third-order valence-corrected chi connectivity index (χ3v) is 3.37. The summed E-state index contributed by atoms with van der Waals surface area (Å²) in [4.78, 5) is 0. The Balaban J connectivity index is 2.24. The minimum absolute atomic E-state index is 0.159. The average molecular weight is 240 g/mol. The molecule has 0 aliphatic rings. The number of aryl methyl sites for hydroxylation is 1. The lowest BCUT2D eigenvalue weighted by Crippen LogP contribution is -2.21. The van der Waals surface area contributed by atoms with Crippen molar-refractivity contribution in [1.82, 2.24) is 0 Å². The van der Waals surface area contributed by atoms with Crippen LogP contribution in [0, 0.1) is 13.8 Å². The van der Waals surface area contributed by atoms with Gasteiger partial charge in [0, 0.05) is 12.2 Å². The van der Waals surface area contributed by atoms with Crippen molar-refractivity contribution < 1.29 is 0 Å². The molecule has 0 saturated heterocycles. The Bertz CT molecular complexity index is 506. The van der Waals surface area contributed by atoms with Gasteiger partial charge in [0.25, 0.3) is 0 Å². The van der Waals surface area contributed by atoms with Gasteiger partial charge in [0.15, 0.2) is 0 Å². The van der Waals surface area contributed by atoms with Crippen LogP contribution in [-0.4, -0.2) is 6.54 Å². The number of hydrogen-bond donors (Lipinski definition) is 2. The predicted octanol–water partition coefficient (Wildman–Crippen LogP) is 3.42. The first-order chi connectivity index (χ1) is 8.72. The molecule has 0 heterocycles. The van der Waals surface area contributed by atoms with E-state index in [1.165, 1.54) is 16.7 Å². The Hall–Kier alpha value is -1.80. The molecule has 0 saturated carbocycles. The molecule has 0 fully saturated rings. The predicted molar refractivity (Wildman–Crippen MR) is 77.8 cm³/mol. The fourth-order valence-electron chi connectivity index (χ4n) is 2.06. The van der Waals surface area contributed by atoms with Crippen LogP contribution in [0.5, 0.6) is 0 Å². The second-order valence-corrected chi connectivity index (χ2v) is 4.59. The van der Waals surface area contributed by atoms with Crippen molar-refractivity contribution in [3.05, 3.63) is 65.2 Å². The van der Waals surface area contributed by atoms with Crippen molar-refractivity contribution >= 4 is 5.69 Å². The summed E-state index contributed by atoms with van der Waals surface area (Å²) < 4.78 is 0. The van der Waals surface area contributed by atoms with E-state index in [9.17, 15) is 0 Å². The maximum Gasteiger partial charge on any atom is 0.0636 e. The molecule has 1 unspecified atom stereocenters. The second-order valence-electron chi connectivity index (χ2n) is 4.59. The average Bonchev–Trinajstić information content (AvgIpc) is 2.41. The minimum atomic E-state index is 0.159. The zero-order valence-corrected chi connectivity index (χ0v) is 11.0. The smallest absolute Gasteiger partial charge is 0.0636 e. The lowest BCUT2D eigenvalue weighted by molar-refractivity contribution is 0.788. The molecule has 0 aliphatic heterocycles. The third-order valence-electron chi connectivity index (χ3n) is 3.37. The molecule has 0 aliphatic carbocycles. The topological polar surface area (TPSA) is 38.0 Å². The summed E-state index contributed by atoms with van der Waals surface area (Å²) in [6.45, 7) is 4.84. The summed E-state index contributed by atoms with van der Waals surface area (Å²) in [6, 6.07) is 16.8. The van der Waals surface area contributed by atoms with E-state index in [4.69, 9.17) is 5.73 Å². The van der Waals surface area contributed by atoms with Gasteiger partial charge in [0.2, 0.25) is 0 Å². The van der Waals surface area contributed by atoms with Crippen LogP contribution < -0.4 is 11.1 Å². The van der Waals surface area contributed by atoms with Crippen molar-refractivity contribution in [2.24, 2.45) is 5.73 Å². The van der Waals surface area contributed by atoms with Crippen LogP contribution in [0.3, 0.4) is 0 Å². The van der Waals surface area contributed by atoms with Gasteiger partial charge < -0.3 is 11.1 Å². The van der Waals surface area contributed by atoms with Crippen molar-refractivity contribution in [2.75, 3.05) is 11.9 Å². The zero-order chi connectivity index (χ0) is 13.0. The Morgan fingerprint density at radius 1 is 1.00 bits per heavy atom. The van der Waals surface area contributed by atoms with Crippen LogP contribution in [0.15, 0.2) is 48.5 Å². The van der Waals surface area contributed by atoms with E-state index in [0.29, 0.717) is 6.54 Å². The number of nitrogens with one attached hydrogen (secondary N) is 1. The van der Waals surface area contributed by atoms with Crippen molar-refractivity contribution in [3.8, 4) is 0 Å². The van der Waals surface area contributed by atoms with Gasteiger partial charge in [-0.05, 0) is 36.6 Å². The summed E-state index contributed by atoms with van der Waals surface area (Å²) >= 11 is 0. The molecule has 0 aromatic heterocycles. The number of nitrogens with two attached hydrogens (primary N) is 1. The maximum atomic E-state index is 5.88. The first-order valence-electron chi connectivity index (χ1n) is 6.30. The molecule has 0 radical (unpaired) electrons. The van der Waals surface area contributed by atoms with E-state index < -0.39 is 0 Å². The fourth-order valence-corrected chi connectivity index (χ4v) is 2.06. The lowest BCUT2D eigenvalue weighted by atomic mass is 10.0. The molecule has 1 atom stereocenters. The summed E-state index contributed by atoms with van der Waals surface area (Å²) in [5.74, 6) is 0. The van der Waals surface area contributed by atoms with E-state index in [0.717, 1.165) is 5.69 Å². The van der Waals surface area contributed by atoms with Gasteiger partial charge in [0.1, 0.15) is 0 Å². The van der Waals surface area contributed by atoms with Gasteiger partial charge in [-0.3, -0.25) is 0 Å². The third kappa shape index (κ3) is 2.71. The van der Waals surface area contributed by atoms with Gasteiger partial charge >= 0.3 is 0 Å².